The van der Waals surface area contributed by atoms with E-state index in [0.29, 0.717) is 15.9 Å². The van der Waals surface area contributed by atoms with E-state index in [4.69, 9.17) is 11.6 Å². The number of carbonyl (C=O) groups is 1. The second-order valence-electron chi connectivity index (χ2n) is 5.54. The summed E-state index contributed by atoms with van der Waals surface area (Å²) < 4.78 is 0. The lowest BCUT2D eigenvalue weighted by Gasteiger charge is -2.03. The van der Waals surface area contributed by atoms with Crippen LogP contribution in [0.15, 0.2) is 53.9 Å². The molecule has 3 aromatic rings. The number of halogens is 1. The molecule has 6 heteroatoms. The molecule has 3 nitrogen and oxygen atoms in total. The summed E-state index contributed by atoms with van der Waals surface area (Å²) in [5.41, 5.74) is 4.11. The van der Waals surface area contributed by atoms with Gasteiger partial charge in [0.1, 0.15) is 0 Å². The number of thioether (sulfide) groups is 1. The quantitative estimate of drug-likeness (QED) is 0.593. The van der Waals surface area contributed by atoms with E-state index in [0.717, 1.165) is 17.0 Å². The monoisotopic (exact) mass is 388 g/mol. The fourth-order valence-corrected chi connectivity index (χ4v) is 3.97. The third-order valence-electron chi connectivity index (χ3n) is 3.52. The van der Waals surface area contributed by atoms with Crippen molar-refractivity contribution in [2.24, 2.45) is 0 Å². The molecule has 0 unspecified atom stereocenters. The molecule has 0 bridgehead atoms. The molecule has 0 saturated heterocycles. The zero-order chi connectivity index (χ0) is 17.6. The molecule has 128 valence electrons. The van der Waals surface area contributed by atoms with Crippen LogP contribution in [-0.2, 0) is 10.5 Å². The topological polar surface area (TPSA) is 42.0 Å². The summed E-state index contributed by atoms with van der Waals surface area (Å²) in [5.74, 6) is 1.17. The molecule has 1 amide bonds. The van der Waals surface area contributed by atoms with Crippen LogP contribution in [0, 0.1) is 6.92 Å². The van der Waals surface area contributed by atoms with Crippen LogP contribution >= 0.6 is 34.7 Å². The van der Waals surface area contributed by atoms with Crippen LogP contribution in [0.3, 0.4) is 0 Å². The number of anilines is 1. The molecule has 0 atom stereocenters. The molecule has 0 saturated carbocycles. The predicted octanol–water partition coefficient (Wildman–Crippen LogP) is 5.64. The van der Waals surface area contributed by atoms with Gasteiger partial charge in [0.05, 0.1) is 11.4 Å². The minimum atomic E-state index is -0.0443. The van der Waals surface area contributed by atoms with Crippen molar-refractivity contribution in [1.29, 1.82) is 0 Å². The Morgan fingerprint density at radius 2 is 1.96 bits per heavy atom. The van der Waals surface area contributed by atoms with Crippen molar-refractivity contribution in [2.75, 3.05) is 11.1 Å². The Morgan fingerprint density at radius 1 is 1.20 bits per heavy atom. The molecule has 0 radical (unpaired) electrons. The van der Waals surface area contributed by atoms with Gasteiger partial charge in [-0.05, 0) is 18.6 Å². The van der Waals surface area contributed by atoms with Crippen LogP contribution < -0.4 is 5.32 Å². The van der Waals surface area contributed by atoms with E-state index >= 15 is 0 Å². The third kappa shape index (κ3) is 5.08. The van der Waals surface area contributed by atoms with Gasteiger partial charge in [0.15, 0.2) is 5.13 Å². The van der Waals surface area contributed by atoms with Crippen LogP contribution in [0.5, 0.6) is 0 Å². The molecule has 3 rings (SSSR count). The number of rotatable bonds is 6. The Labute approximate surface area is 160 Å². The predicted molar refractivity (Wildman–Crippen MR) is 109 cm³/mol. The summed E-state index contributed by atoms with van der Waals surface area (Å²) in [6.07, 6.45) is 0. The molecule has 25 heavy (non-hydrogen) atoms. The highest BCUT2D eigenvalue weighted by Crippen LogP contribution is 2.30. The maximum atomic E-state index is 12.1. The van der Waals surface area contributed by atoms with Gasteiger partial charge in [0.2, 0.25) is 5.91 Å². The summed E-state index contributed by atoms with van der Waals surface area (Å²) in [7, 11) is 0. The van der Waals surface area contributed by atoms with Crippen LogP contribution in [0.25, 0.3) is 11.3 Å². The van der Waals surface area contributed by atoms with Crippen molar-refractivity contribution >= 4 is 45.7 Å². The Hall–Kier alpha value is -1.82. The fraction of sp³-hybridized carbons (Fsp3) is 0.158. The Kier molecular flexibility index (Phi) is 6.13. The number of aryl methyl sites for hydroxylation is 1. The average molecular weight is 389 g/mol. The average Bonchev–Trinajstić information content (AvgIpc) is 3.05. The zero-order valence-corrected chi connectivity index (χ0v) is 16.0. The summed E-state index contributed by atoms with van der Waals surface area (Å²) >= 11 is 9.17. The van der Waals surface area contributed by atoms with E-state index in [1.807, 2.05) is 29.6 Å². The van der Waals surface area contributed by atoms with Crippen molar-refractivity contribution in [2.45, 2.75) is 12.7 Å². The number of hydrogen-bond donors (Lipinski definition) is 1. The van der Waals surface area contributed by atoms with Crippen molar-refractivity contribution in [1.82, 2.24) is 4.98 Å². The second-order valence-corrected chi connectivity index (χ2v) is 7.80. The number of nitrogens with one attached hydrogen (secondary N) is 1. The molecule has 1 aromatic heterocycles. The molecule has 1 N–H and O–H groups in total. The first-order valence-corrected chi connectivity index (χ1v) is 10.2. The van der Waals surface area contributed by atoms with E-state index in [9.17, 15) is 4.79 Å². The van der Waals surface area contributed by atoms with E-state index in [1.54, 1.807) is 11.8 Å². The van der Waals surface area contributed by atoms with Gasteiger partial charge in [0, 0.05) is 21.7 Å². The number of nitrogens with zero attached hydrogens (tertiary/aromatic N) is 1. The van der Waals surface area contributed by atoms with Gasteiger partial charge in [0.25, 0.3) is 0 Å². The highest BCUT2D eigenvalue weighted by Gasteiger charge is 2.10. The number of hydrogen-bond acceptors (Lipinski definition) is 4. The SMILES string of the molecule is Cc1ccc(CSCC(=O)Nc2nc(-c3ccccc3Cl)cs2)cc1. The van der Waals surface area contributed by atoms with Crippen LogP contribution in [-0.4, -0.2) is 16.6 Å². The first kappa shape index (κ1) is 18.0. The van der Waals surface area contributed by atoms with Crippen molar-refractivity contribution in [3.8, 4) is 11.3 Å². The third-order valence-corrected chi connectivity index (χ3v) is 5.61. The Balaban J connectivity index is 1.52. The van der Waals surface area contributed by atoms with Gasteiger partial charge in [-0.2, -0.15) is 0 Å². The van der Waals surface area contributed by atoms with E-state index in [1.165, 1.54) is 22.5 Å². The lowest BCUT2D eigenvalue weighted by molar-refractivity contribution is -0.113. The van der Waals surface area contributed by atoms with Gasteiger partial charge in [-0.3, -0.25) is 4.79 Å². The smallest absolute Gasteiger partial charge is 0.236 e. The van der Waals surface area contributed by atoms with Crippen molar-refractivity contribution in [3.63, 3.8) is 0 Å². The minimum Gasteiger partial charge on any atom is -0.301 e. The fourth-order valence-electron chi connectivity index (χ4n) is 2.23. The summed E-state index contributed by atoms with van der Waals surface area (Å²) in [4.78, 5) is 16.5. The molecule has 1 heterocycles. The van der Waals surface area contributed by atoms with E-state index in [-0.39, 0.29) is 5.91 Å². The molecule has 0 fully saturated rings. The Bertz CT molecular complexity index is 862. The van der Waals surface area contributed by atoms with Gasteiger partial charge in [-0.1, -0.05) is 59.6 Å². The van der Waals surface area contributed by atoms with Crippen molar-refractivity contribution in [3.05, 3.63) is 70.1 Å². The number of thiazole rings is 1. The normalized spacial score (nSPS) is 10.6. The highest BCUT2D eigenvalue weighted by atomic mass is 35.5. The van der Waals surface area contributed by atoms with E-state index in [2.05, 4.69) is 41.5 Å². The molecule has 0 aliphatic carbocycles. The summed E-state index contributed by atoms with van der Waals surface area (Å²) in [5, 5.41) is 6.00. The van der Waals surface area contributed by atoms with Crippen LogP contribution in [0.2, 0.25) is 5.02 Å². The highest BCUT2D eigenvalue weighted by molar-refractivity contribution is 7.99. The molecular weight excluding hydrogens is 372 g/mol. The molecule has 0 aliphatic rings. The van der Waals surface area contributed by atoms with Gasteiger partial charge in [-0.15, -0.1) is 23.1 Å². The number of benzene rings is 2. The molecule has 0 aliphatic heterocycles. The number of carbonyl (C=O) groups excluding carboxylic acids is 1. The minimum absolute atomic E-state index is 0.0443. The van der Waals surface area contributed by atoms with Crippen LogP contribution in [0.4, 0.5) is 5.13 Å². The molecule has 2 aromatic carbocycles. The zero-order valence-electron chi connectivity index (χ0n) is 13.7. The lowest BCUT2D eigenvalue weighted by Crippen LogP contribution is -2.13. The van der Waals surface area contributed by atoms with Gasteiger partial charge < -0.3 is 5.32 Å². The Morgan fingerprint density at radius 3 is 2.72 bits per heavy atom. The second kappa shape index (κ2) is 8.52. The number of aromatic nitrogens is 1. The first-order valence-electron chi connectivity index (χ1n) is 7.75. The first-order chi connectivity index (χ1) is 12.1. The molecular formula is C19H17ClN2OS2. The van der Waals surface area contributed by atoms with Crippen LogP contribution in [0.1, 0.15) is 11.1 Å². The van der Waals surface area contributed by atoms with Gasteiger partial charge in [-0.25, -0.2) is 4.98 Å². The largest absolute Gasteiger partial charge is 0.301 e. The standard InChI is InChI=1S/C19H17ClN2OS2/c1-13-6-8-14(9-7-13)10-24-12-18(23)22-19-21-17(11-25-19)15-4-2-3-5-16(15)20/h2-9,11H,10,12H2,1H3,(H,21,22,23). The summed E-state index contributed by atoms with van der Waals surface area (Å²) in [6.45, 7) is 2.06. The maximum Gasteiger partial charge on any atom is 0.236 e. The van der Waals surface area contributed by atoms with Crippen molar-refractivity contribution < 1.29 is 4.79 Å². The number of amides is 1. The molecule has 0 spiro atoms. The maximum absolute atomic E-state index is 12.1. The van der Waals surface area contributed by atoms with Gasteiger partial charge >= 0.3 is 0 Å². The summed E-state index contributed by atoms with van der Waals surface area (Å²) in [6, 6.07) is 15.9. The van der Waals surface area contributed by atoms with E-state index < -0.39 is 0 Å². The lowest BCUT2D eigenvalue weighted by atomic mass is 10.2.